The maximum Gasteiger partial charge on any atom is 0.294 e. The van der Waals surface area contributed by atoms with Gasteiger partial charge in [-0.25, -0.2) is 0 Å². The van der Waals surface area contributed by atoms with Crippen LogP contribution >= 0.6 is 0 Å². The molecule has 0 aliphatic heterocycles. The fourth-order valence-corrected chi connectivity index (χ4v) is 2.29. The van der Waals surface area contributed by atoms with Crippen LogP contribution in [0, 0.1) is 15.5 Å². The molecule has 5 heteroatoms. The first-order chi connectivity index (χ1) is 10.8. The molecule has 0 fully saturated rings. The van der Waals surface area contributed by atoms with Crippen LogP contribution in [0.1, 0.15) is 57.6 Å². The zero-order valence-electron chi connectivity index (χ0n) is 14.3. The molecule has 1 rings (SSSR count). The molecule has 0 saturated carbocycles. The van der Waals surface area contributed by atoms with Gasteiger partial charge in [0.1, 0.15) is 5.78 Å². The van der Waals surface area contributed by atoms with Gasteiger partial charge in [-0.3, -0.25) is 4.79 Å². The molecular formula is C18H27NO4. The van der Waals surface area contributed by atoms with E-state index in [1.807, 2.05) is 12.1 Å². The summed E-state index contributed by atoms with van der Waals surface area (Å²) in [6, 6.07) is 8.20. The Labute approximate surface area is 138 Å². The molecule has 0 aromatic heterocycles. The van der Waals surface area contributed by atoms with Gasteiger partial charge in [-0.15, -0.1) is 10.1 Å². The van der Waals surface area contributed by atoms with E-state index in [1.165, 1.54) is 5.56 Å². The third-order valence-corrected chi connectivity index (χ3v) is 3.60. The molecule has 1 aromatic rings. The number of hydrogen-bond acceptors (Lipinski definition) is 4. The predicted octanol–water partition coefficient (Wildman–Crippen LogP) is 4.16. The van der Waals surface area contributed by atoms with E-state index >= 15 is 0 Å². The van der Waals surface area contributed by atoms with E-state index in [1.54, 1.807) is 0 Å². The summed E-state index contributed by atoms with van der Waals surface area (Å²) in [7, 11) is 0. The molecule has 0 aliphatic carbocycles. The van der Waals surface area contributed by atoms with Crippen LogP contribution in [0.15, 0.2) is 24.3 Å². The van der Waals surface area contributed by atoms with Gasteiger partial charge in [0.05, 0.1) is 6.61 Å². The average molecular weight is 321 g/mol. The van der Waals surface area contributed by atoms with Crippen LogP contribution in [-0.2, 0) is 22.5 Å². The van der Waals surface area contributed by atoms with E-state index in [9.17, 15) is 14.9 Å². The van der Waals surface area contributed by atoms with Crippen molar-refractivity contribution in [1.29, 1.82) is 0 Å². The first-order valence-corrected chi connectivity index (χ1v) is 8.13. The molecule has 0 amide bonds. The summed E-state index contributed by atoms with van der Waals surface area (Å²) in [5.74, 6) is 0.166. The van der Waals surface area contributed by atoms with Gasteiger partial charge in [0, 0.05) is 12.8 Å². The molecule has 23 heavy (non-hydrogen) atoms. The molecule has 128 valence electrons. The maximum absolute atomic E-state index is 12.0. The van der Waals surface area contributed by atoms with Crippen LogP contribution in [0.4, 0.5) is 0 Å². The number of carbonyl (C=O) groups is 1. The van der Waals surface area contributed by atoms with Crippen molar-refractivity contribution in [3.05, 3.63) is 45.5 Å². The van der Waals surface area contributed by atoms with Crippen molar-refractivity contribution in [2.75, 3.05) is 6.61 Å². The Hall–Kier alpha value is -1.91. The van der Waals surface area contributed by atoms with Gasteiger partial charge >= 0.3 is 0 Å². The maximum atomic E-state index is 12.0. The standard InChI is InChI=1S/C18H27NO4/c1-18(2,3)11-10-15-7-6-8-16(13-15)14-17(20)9-4-5-12-23-19(21)22/h6-8,13H,4-5,9-12,14H2,1-3H3. The highest BCUT2D eigenvalue weighted by Gasteiger charge is 2.10. The molecule has 0 unspecified atom stereocenters. The minimum absolute atomic E-state index is 0.0581. The Kier molecular flexibility index (Phi) is 7.72. The second-order valence-corrected chi connectivity index (χ2v) is 7.11. The summed E-state index contributed by atoms with van der Waals surface area (Å²) < 4.78 is 0. The number of hydrogen-bond donors (Lipinski definition) is 0. The molecule has 0 bridgehead atoms. The van der Waals surface area contributed by atoms with Crippen molar-refractivity contribution < 1.29 is 14.7 Å². The molecule has 5 nitrogen and oxygen atoms in total. The zero-order chi connectivity index (χ0) is 17.3. The van der Waals surface area contributed by atoms with Crippen LogP contribution in [0.5, 0.6) is 0 Å². The highest BCUT2D eigenvalue weighted by atomic mass is 16.9. The van der Waals surface area contributed by atoms with Crippen molar-refractivity contribution in [2.24, 2.45) is 5.41 Å². The highest BCUT2D eigenvalue weighted by molar-refractivity contribution is 5.80. The number of nitrogens with zero attached hydrogens (tertiary/aromatic N) is 1. The van der Waals surface area contributed by atoms with E-state index < -0.39 is 5.09 Å². The summed E-state index contributed by atoms with van der Waals surface area (Å²) in [6.45, 7) is 6.73. The summed E-state index contributed by atoms with van der Waals surface area (Å²) in [6.07, 6.45) is 4.14. The Bertz CT molecular complexity index is 520. The van der Waals surface area contributed by atoms with Crippen LogP contribution in [0.2, 0.25) is 0 Å². The lowest BCUT2D eigenvalue weighted by Gasteiger charge is -2.17. The Morgan fingerprint density at radius 2 is 1.91 bits per heavy atom. The van der Waals surface area contributed by atoms with Crippen molar-refractivity contribution in [3.8, 4) is 0 Å². The number of rotatable bonds is 10. The fourth-order valence-electron chi connectivity index (χ4n) is 2.29. The van der Waals surface area contributed by atoms with Gasteiger partial charge in [-0.2, -0.15) is 0 Å². The lowest BCUT2D eigenvalue weighted by atomic mass is 9.88. The van der Waals surface area contributed by atoms with Gasteiger partial charge in [-0.1, -0.05) is 45.0 Å². The first kappa shape index (κ1) is 19.1. The fraction of sp³-hybridized carbons (Fsp3) is 0.611. The normalized spacial score (nSPS) is 11.3. The van der Waals surface area contributed by atoms with E-state index in [2.05, 4.69) is 37.7 Å². The van der Waals surface area contributed by atoms with Gasteiger partial charge in [0.2, 0.25) is 0 Å². The van der Waals surface area contributed by atoms with E-state index in [4.69, 9.17) is 0 Å². The summed E-state index contributed by atoms with van der Waals surface area (Å²) in [5.41, 5.74) is 2.62. The van der Waals surface area contributed by atoms with Crippen molar-refractivity contribution in [3.63, 3.8) is 0 Å². The van der Waals surface area contributed by atoms with Gasteiger partial charge < -0.3 is 4.84 Å². The third kappa shape index (κ3) is 9.66. The van der Waals surface area contributed by atoms with Crippen molar-refractivity contribution in [1.82, 2.24) is 0 Å². The third-order valence-electron chi connectivity index (χ3n) is 3.60. The number of aryl methyl sites for hydroxylation is 1. The quantitative estimate of drug-likeness (QED) is 0.369. The number of ketones is 1. The topological polar surface area (TPSA) is 69.4 Å². The highest BCUT2D eigenvalue weighted by Crippen LogP contribution is 2.22. The van der Waals surface area contributed by atoms with E-state index in [0.29, 0.717) is 31.1 Å². The minimum Gasteiger partial charge on any atom is -0.314 e. The minimum atomic E-state index is -0.801. The molecule has 0 aliphatic rings. The zero-order valence-corrected chi connectivity index (χ0v) is 14.3. The lowest BCUT2D eigenvalue weighted by molar-refractivity contribution is -0.757. The second-order valence-electron chi connectivity index (χ2n) is 7.11. The SMILES string of the molecule is CC(C)(C)CCc1cccc(CC(=O)CCCCO[N+](=O)[O-])c1. The molecule has 0 saturated heterocycles. The summed E-state index contributed by atoms with van der Waals surface area (Å²) >= 11 is 0. The molecule has 0 spiro atoms. The summed E-state index contributed by atoms with van der Waals surface area (Å²) in [5, 5.41) is 9.20. The first-order valence-electron chi connectivity index (χ1n) is 8.13. The molecule has 1 aromatic carbocycles. The van der Waals surface area contributed by atoms with Gasteiger partial charge in [-0.05, 0) is 42.2 Å². The largest absolute Gasteiger partial charge is 0.314 e. The lowest BCUT2D eigenvalue weighted by Crippen LogP contribution is -2.07. The Morgan fingerprint density at radius 1 is 1.22 bits per heavy atom. The average Bonchev–Trinajstić information content (AvgIpc) is 2.44. The molecular weight excluding hydrogens is 294 g/mol. The molecule has 0 N–H and O–H groups in total. The Morgan fingerprint density at radius 3 is 2.57 bits per heavy atom. The van der Waals surface area contributed by atoms with Crippen LogP contribution in [-0.4, -0.2) is 17.5 Å². The van der Waals surface area contributed by atoms with Crippen LogP contribution in [0.25, 0.3) is 0 Å². The van der Waals surface area contributed by atoms with Crippen molar-refractivity contribution >= 4 is 5.78 Å². The molecule has 0 radical (unpaired) electrons. The molecule has 0 atom stereocenters. The number of unbranched alkanes of at least 4 members (excludes halogenated alkanes) is 1. The predicted molar refractivity (Wildman–Crippen MR) is 89.7 cm³/mol. The number of Topliss-reactive ketones (excluding diaryl/α,β-unsaturated/α-hetero) is 1. The number of benzene rings is 1. The number of carbonyl (C=O) groups excluding carboxylic acids is 1. The van der Waals surface area contributed by atoms with Crippen molar-refractivity contribution in [2.45, 2.75) is 59.3 Å². The van der Waals surface area contributed by atoms with E-state index in [-0.39, 0.29) is 12.4 Å². The smallest absolute Gasteiger partial charge is 0.294 e. The van der Waals surface area contributed by atoms with Crippen LogP contribution < -0.4 is 0 Å². The second kappa shape index (κ2) is 9.28. The van der Waals surface area contributed by atoms with E-state index in [0.717, 1.165) is 18.4 Å². The monoisotopic (exact) mass is 321 g/mol. The van der Waals surface area contributed by atoms with Gasteiger partial charge in [0.15, 0.2) is 0 Å². The Balaban J connectivity index is 2.35. The van der Waals surface area contributed by atoms with Crippen LogP contribution in [0.3, 0.4) is 0 Å². The summed E-state index contributed by atoms with van der Waals surface area (Å²) in [4.78, 5) is 26.2. The molecule has 0 heterocycles. The van der Waals surface area contributed by atoms with Gasteiger partial charge in [0.25, 0.3) is 5.09 Å².